The summed E-state index contributed by atoms with van der Waals surface area (Å²) in [5.74, 6) is 2.77. The Labute approximate surface area is 198 Å². The first-order chi connectivity index (χ1) is 16.4. The van der Waals surface area contributed by atoms with E-state index in [1.165, 1.54) is 0 Å². The van der Waals surface area contributed by atoms with Crippen molar-refractivity contribution in [3.05, 3.63) is 42.5 Å². The number of hydrogen-bond acceptors (Lipinski definition) is 9. The zero-order chi connectivity index (χ0) is 23.9. The van der Waals surface area contributed by atoms with Gasteiger partial charge in [-0.25, -0.2) is 15.0 Å². The number of aromatic nitrogens is 6. The molecule has 1 aliphatic heterocycles. The van der Waals surface area contributed by atoms with E-state index in [4.69, 9.17) is 19.4 Å². The lowest BCUT2D eigenvalue weighted by Gasteiger charge is -2.47. The lowest BCUT2D eigenvalue weighted by atomic mass is 9.96. The third-order valence-electron chi connectivity index (χ3n) is 6.02. The maximum atomic E-state index is 5.90. The fourth-order valence-electron chi connectivity index (χ4n) is 4.18. The predicted molar refractivity (Wildman–Crippen MR) is 131 cm³/mol. The molecule has 1 saturated heterocycles. The second-order valence-corrected chi connectivity index (χ2v) is 8.76. The van der Waals surface area contributed by atoms with Crippen LogP contribution >= 0.6 is 0 Å². The molecule has 0 atom stereocenters. The van der Waals surface area contributed by atoms with Gasteiger partial charge in [0.1, 0.15) is 17.6 Å². The van der Waals surface area contributed by atoms with Crippen molar-refractivity contribution in [3.63, 3.8) is 0 Å². The standard InChI is InChI=1S/C24H28N8O2/c1-6-34-19-10-16(21-30-26-14-31(21)4)7-8-18(19)28-23-25-11-17-9-15(2)27-22(20(17)29-23)32-12-24(3,13-32)33-5/h7-11,14H,6,12-13H2,1-5H3,(H,25,28,29). The zero-order valence-corrected chi connectivity index (χ0v) is 20.0. The highest BCUT2D eigenvalue weighted by Gasteiger charge is 2.40. The quantitative estimate of drug-likeness (QED) is 0.444. The number of rotatable bonds is 7. The molecule has 1 N–H and O–H groups in total. The van der Waals surface area contributed by atoms with Crippen LogP contribution in [0.25, 0.3) is 22.3 Å². The van der Waals surface area contributed by atoms with Gasteiger partial charge in [-0.15, -0.1) is 10.2 Å². The Morgan fingerprint density at radius 3 is 2.71 bits per heavy atom. The van der Waals surface area contributed by atoms with Crippen molar-refractivity contribution in [2.75, 3.05) is 37.0 Å². The van der Waals surface area contributed by atoms with Crippen LogP contribution in [0.15, 0.2) is 36.8 Å². The molecule has 0 amide bonds. The van der Waals surface area contributed by atoms with E-state index in [1.54, 1.807) is 13.4 Å². The monoisotopic (exact) mass is 460 g/mol. The van der Waals surface area contributed by atoms with E-state index >= 15 is 0 Å². The zero-order valence-electron chi connectivity index (χ0n) is 20.0. The number of ether oxygens (including phenoxy) is 2. The molecule has 5 rings (SSSR count). The molecule has 10 nitrogen and oxygen atoms in total. The average molecular weight is 461 g/mol. The fourth-order valence-corrected chi connectivity index (χ4v) is 4.18. The highest BCUT2D eigenvalue weighted by atomic mass is 16.5. The largest absolute Gasteiger partial charge is 0.492 e. The number of anilines is 3. The smallest absolute Gasteiger partial charge is 0.227 e. The van der Waals surface area contributed by atoms with Crippen molar-refractivity contribution in [1.82, 2.24) is 29.7 Å². The van der Waals surface area contributed by atoms with E-state index < -0.39 is 0 Å². The van der Waals surface area contributed by atoms with Crippen LogP contribution in [0.4, 0.5) is 17.5 Å². The average Bonchev–Trinajstić information content (AvgIpc) is 3.24. The van der Waals surface area contributed by atoms with Gasteiger partial charge in [0, 0.05) is 37.0 Å². The molecule has 1 aliphatic rings. The number of hydrogen-bond donors (Lipinski definition) is 1. The summed E-state index contributed by atoms with van der Waals surface area (Å²) in [4.78, 5) is 16.3. The summed E-state index contributed by atoms with van der Waals surface area (Å²) in [5, 5.41) is 12.4. The number of nitrogens with zero attached hydrogens (tertiary/aromatic N) is 7. The van der Waals surface area contributed by atoms with E-state index in [0.29, 0.717) is 18.3 Å². The lowest BCUT2D eigenvalue weighted by Crippen LogP contribution is -2.61. The van der Waals surface area contributed by atoms with Gasteiger partial charge >= 0.3 is 0 Å². The van der Waals surface area contributed by atoms with Crippen LogP contribution in [-0.4, -0.2) is 62.1 Å². The van der Waals surface area contributed by atoms with E-state index in [2.05, 4.69) is 32.3 Å². The summed E-state index contributed by atoms with van der Waals surface area (Å²) in [6, 6.07) is 7.85. The number of fused-ring (bicyclic) bond motifs is 1. The molecule has 1 aromatic carbocycles. The summed E-state index contributed by atoms with van der Waals surface area (Å²) in [6.07, 6.45) is 3.50. The van der Waals surface area contributed by atoms with Crippen LogP contribution < -0.4 is 15.0 Å². The first-order valence-electron chi connectivity index (χ1n) is 11.2. The van der Waals surface area contributed by atoms with Crippen molar-refractivity contribution in [1.29, 1.82) is 0 Å². The molecule has 0 unspecified atom stereocenters. The van der Waals surface area contributed by atoms with Gasteiger partial charge in [0.15, 0.2) is 11.6 Å². The van der Waals surface area contributed by atoms with Crippen LogP contribution in [-0.2, 0) is 11.8 Å². The first-order valence-corrected chi connectivity index (χ1v) is 11.2. The topological polar surface area (TPSA) is 103 Å². The molecule has 4 aromatic rings. The van der Waals surface area contributed by atoms with Gasteiger partial charge in [-0.3, -0.25) is 0 Å². The highest BCUT2D eigenvalue weighted by Crippen LogP contribution is 2.35. The SMILES string of the molecule is CCOc1cc(-c2nncn2C)ccc1Nc1ncc2cc(C)nc(N3CC(C)(OC)C3)c2n1. The number of aryl methyl sites for hydroxylation is 2. The molecule has 10 heteroatoms. The molecule has 34 heavy (non-hydrogen) atoms. The van der Waals surface area contributed by atoms with Gasteiger partial charge in [0.25, 0.3) is 0 Å². The molecule has 176 valence electrons. The normalized spacial score (nSPS) is 14.8. The van der Waals surface area contributed by atoms with E-state index in [-0.39, 0.29) is 5.60 Å². The molecular weight excluding hydrogens is 432 g/mol. The van der Waals surface area contributed by atoms with Crippen LogP contribution in [0.3, 0.4) is 0 Å². The third kappa shape index (κ3) is 4.01. The molecule has 3 aromatic heterocycles. The summed E-state index contributed by atoms with van der Waals surface area (Å²) < 4.78 is 13.4. The van der Waals surface area contributed by atoms with Gasteiger partial charge < -0.3 is 24.3 Å². The molecule has 1 fully saturated rings. The Kier molecular flexibility index (Phi) is 5.52. The summed E-state index contributed by atoms with van der Waals surface area (Å²) in [7, 11) is 3.65. The van der Waals surface area contributed by atoms with Crippen molar-refractivity contribution in [2.24, 2.45) is 7.05 Å². The van der Waals surface area contributed by atoms with Gasteiger partial charge in [-0.1, -0.05) is 0 Å². The Hall–Kier alpha value is -3.79. The van der Waals surface area contributed by atoms with Crippen molar-refractivity contribution in [2.45, 2.75) is 26.4 Å². The second kappa shape index (κ2) is 8.53. The van der Waals surface area contributed by atoms with E-state index in [0.717, 1.165) is 52.6 Å². The minimum absolute atomic E-state index is 0.164. The Morgan fingerprint density at radius 2 is 2.00 bits per heavy atom. The van der Waals surface area contributed by atoms with E-state index in [9.17, 15) is 0 Å². The van der Waals surface area contributed by atoms with Gasteiger partial charge in [-0.2, -0.15) is 0 Å². The maximum absolute atomic E-state index is 5.90. The molecule has 0 radical (unpaired) electrons. The Bertz CT molecular complexity index is 1350. The molecule has 4 heterocycles. The van der Waals surface area contributed by atoms with Crippen molar-refractivity contribution in [3.8, 4) is 17.1 Å². The van der Waals surface area contributed by atoms with Gasteiger partial charge in [-0.05, 0) is 45.0 Å². The van der Waals surface area contributed by atoms with Crippen molar-refractivity contribution < 1.29 is 9.47 Å². The van der Waals surface area contributed by atoms with Crippen LogP contribution in [0.5, 0.6) is 5.75 Å². The Morgan fingerprint density at radius 1 is 1.18 bits per heavy atom. The third-order valence-corrected chi connectivity index (χ3v) is 6.02. The van der Waals surface area contributed by atoms with Crippen LogP contribution in [0, 0.1) is 6.92 Å². The number of nitrogens with one attached hydrogen (secondary N) is 1. The summed E-state index contributed by atoms with van der Waals surface area (Å²) >= 11 is 0. The second-order valence-electron chi connectivity index (χ2n) is 8.76. The minimum Gasteiger partial charge on any atom is -0.492 e. The van der Waals surface area contributed by atoms with E-state index in [1.807, 2.05) is 55.9 Å². The van der Waals surface area contributed by atoms with Crippen molar-refractivity contribution >= 4 is 28.4 Å². The molecule has 0 spiro atoms. The van der Waals surface area contributed by atoms with Gasteiger partial charge in [0.2, 0.25) is 5.95 Å². The molecular formula is C24H28N8O2. The summed E-state index contributed by atoms with van der Waals surface area (Å²) in [6.45, 7) is 8.09. The van der Waals surface area contributed by atoms with Gasteiger partial charge in [0.05, 0.1) is 31.0 Å². The number of pyridine rings is 1. The highest BCUT2D eigenvalue weighted by molar-refractivity contribution is 5.90. The fraction of sp³-hybridized carbons (Fsp3) is 0.375. The van der Waals surface area contributed by atoms with Crippen LogP contribution in [0.1, 0.15) is 19.5 Å². The maximum Gasteiger partial charge on any atom is 0.227 e. The molecule has 0 saturated carbocycles. The first kappa shape index (κ1) is 22.0. The summed E-state index contributed by atoms with van der Waals surface area (Å²) in [5.41, 5.74) is 3.24. The molecule has 0 bridgehead atoms. The molecule has 0 aliphatic carbocycles. The predicted octanol–water partition coefficient (Wildman–Crippen LogP) is 3.50. The minimum atomic E-state index is -0.164. The number of benzene rings is 1. The lowest BCUT2D eigenvalue weighted by molar-refractivity contribution is -0.0170. The Balaban J connectivity index is 1.49. The van der Waals surface area contributed by atoms with Crippen LogP contribution in [0.2, 0.25) is 0 Å². The number of methoxy groups -OCH3 is 1.